The van der Waals surface area contributed by atoms with E-state index in [1.54, 1.807) is 6.20 Å². The molecule has 1 N–H and O–H groups in total. The van der Waals surface area contributed by atoms with E-state index in [0.717, 1.165) is 23.5 Å². The van der Waals surface area contributed by atoms with Crippen molar-refractivity contribution < 1.29 is 0 Å². The standard InChI is InChI=1S/2C9H14N2.C7H12N2.C5H9N3/c1-7(2)8-5-10-11(6-8)9-3-4-9;1-7(2)11-6-9(5-10-11)8-3-4-8;1-6(2)7-8-4-5-9(7)3;1-4(2)5-3-6-8-7-5/h5-7,9H,3-4H2,1-2H3;5-8H,3-4H2,1-2H3;4-6H,1-3H3;3-4H,1-2H3,(H,6,7,8). The van der Waals surface area contributed by atoms with E-state index in [9.17, 15) is 0 Å². The van der Waals surface area contributed by atoms with Crippen LogP contribution in [0.3, 0.4) is 0 Å². The lowest BCUT2D eigenvalue weighted by molar-refractivity contribution is 0.532. The van der Waals surface area contributed by atoms with Crippen LogP contribution < -0.4 is 0 Å². The van der Waals surface area contributed by atoms with E-state index in [4.69, 9.17) is 0 Å². The van der Waals surface area contributed by atoms with Gasteiger partial charge in [-0.05, 0) is 68.4 Å². The molecule has 0 aromatic carbocycles. The van der Waals surface area contributed by atoms with E-state index >= 15 is 0 Å². The number of rotatable bonds is 6. The van der Waals surface area contributed by atoms with Crippen molar-refractivity contribution in [3.8, 4) is 0 Å². The van der Waals surface area contributed by atoms with E-state index in [1.165, 1.54) is 36.8 Å². The molecule has 0 saturated heterocycles. The van der Waals surface area contributed by atoms with Gasteiger partial charge in [0.05, 0.1) is 30.3 Å². The first kappa shape index (κ1) is 30.3. The molecule has 9 heteroatoms. The third-order valence-electron chi connectivity index (χ3n) is 6.81. The van der Waals surface area contributed by atoms with E-state index in [0.29, 0.717) is 23.8 Å². The third-order valence-corrected chi connectivity index (χ3v) is 6.81. The molecular formula is C30H49N9. The molecule has 0 unspecified atom stereocenters. The average Bonchev–Trinajstić information content (AvgIpc) is 3.61. The molecule has 0 amide bonds. The van der Waals surface area contributed by atoms with Crippen LogP contribution in [-0.2, 0) is 7.05 Å². The number of aromatic nitrogens is 9. The van der Waals surface area contributed by atoms with Crippen LogP contribution in [0, 0.1) is 0 Å². The minimum absolute atomic E-state index is 0.480. The molecule has 0 radical (unpaired) electrons. The van der Waals surface area contributed by atoms with Crippen molar-refractivity contribution in [2.45, 2.75) is 117 Å². The molecule has 2 fully saturated rings. The number of aromatic amines is 1. The molecule has 4 heterocycles. The summed E-state index contributed by atoms with van der Waals surface area (Å²) in [5.41, 5.74) is 3.81. The first-order valence-corrected chi connectivity index (χ1v) is 14.5. The summed E-state index contributed by atoms with van der Waals surface area (Å²) < 4.78 is 6.19. The summed E-state index contributed by atoms with van der Waals surface area (Å²) >= 11 is 0. The molecule has 4 aromatic heterocycles. The molecule has 2 saturated carbocycles. The Hall–Kier alpha value is -3.23. The lowest BCUT2D eigenvalue weighted by Crippen LogP contribution is -1.99. The Kier molecular flexibility index (Phi) is 11.1. The fourth-order valence-electron chi connectivity index (χ4n) is 3.87. The van der Waals surface area contributed by atoms with Gasteiger partial charge >= 0.3 is 0 Å². The van der Waals surface area contributed by atoms with E-state index in [1.807, 2.05) is 41.1 Å². The van der Waals surface area contributed by atoms with Crippen LogP contribution >= 0.6 is 0 Å². The number of nitrogens with one attached hydrogen (secondary N) is 1. The van der Waals surface area contributed by atoms with Crippen molar-refractivity contribution in [1.29, 1.82) is 0 Å². The van der Waals surface area contributed by atoms with Crippen molar-refractivity contribution >= 4 is 0 Å². The van der Waals surface area contributed by atoms with Crippen molar-refractivity contribution in [1.82, 2.24) is 44.5 Å². The maximum absolute atomic E-state index is 4.32. The van der Waals surface area contributed by atoms with Gasteiger partial charge in [0.15, 0.2) is 0 Å². The Labute approximate surface area is 234 Å². The Balaban J connectivity index is 0.000000145. The highest BCUT2D eigenvalue weighted by molar-refractivity contribution is 5.17. The smallest absolute Gasteiger partial charge is 0.110 e. The molecule has 2 aliphatic carbocycles. The SMILES string of the molecule is CC(C)c1cn[nH]n1.CC(C)c1cnn(C2CC2)c1.CC(C)c1nccn1C.CC(C)n1cc(C2CC2)cn1. The normalized spacial score (nSPS) is 14.6. The molecule has 6 rings (SSSR count). The molecule has 0 atom stereocenters. The summed E-state index contributed by atoms with van der Waals surface area (Å²) in [5, 5.41) is 18.7. The monoisotopic (exact) mass is 535 g/mol. The Bertz CT molecular complexity index is 1120. The zero-order chi connectivity index (χ0) is 28.5. The van der Waals surface area contributed by atoms with Crippen LogP contribution in [0.15, 0.2) is 43.4 Å². The quantitative estimate of drug-likeness (QED) is 0.283. The molecule has 2 aliphatic rings. The summed E-state index contributed by atoms with van der Waals surface area (Å²) in [4.78, 5) is 4.18. The first-order chi connectivity index (χ1) is 18.6. The minimum Gasteiger partial charge on any atom is -0.338 e. The highest BCUT2D eigenvalue weighted by atomic mass is 15.3. The van der Waals surface area contributed by atoms with Gasteiger partial charge in [0.2, 0.25) is 0 Å². The second-order valence-electron chi connectivity index (χ2n) is 11.9. The lowest BCUT2D eigenvalue weighted by atomic mass is 10.1. The zero-order valence-corrected chi connectivity index (χ0v) is 25.4. The van der Waals surface area contributed by atoms with Crippen molar-refractivity contribution in [2.24, 2.45) is 7.05 Å². The van der Waals surface area contributed by atoms with E-state index in [2.05, 4.69) is 103 Å². The topological polar surface area (TPSA) is 95.0 Å². The van der Waals surface area contributed by atoms with Gasteiger partial charge in [0.25, 0.3) is 0 Å². The molecule has 9 nitrogen and oxygen atoms in total. The van der Waals surface area contributed by atoms with E-state index in [-0.39, 0.29) is 0 Å². The van der Waals surface area contributed by atoms with Crippen LogP contribution in [-0.4, -0.2) is 44.5 Å². The molecule has 39 heavy (non-hydrogen) atoms. The van der Waals surface area contributed by atoms with Crippen LogP contribution in [0.1, 0.15) is 139 Å². The van der Waals surface area contributed by atoms with Crippen molar-refractivity contribution in [3.63, 3.8) is 0 Å². The van der Waals surface area contributed by atoms with Crippen molar-refractivity contribution in [3.05, 3.63) is 66.0 Å². The van der Waals surface area contributed by atoms with Gasteiger partial charge in [-0.1, -0.05) is 41.5 Å². The van der Waals surface area contributed by atoms with Gasteiger partial charge in [-0.15, -0.1) is 0 Å². The third kappa shape index (κ3) is 9.79. The molecule has 0 spiro atoms. The summed E-state index contributed by atoms with van der Waals surface area (Å²) in [7, 11) is 2.02. The highest BCUT2D eigenvalue weighted by Crippen LogP contribution is 2.39. The van der Waals surface area contributed by atoms with Crippen molar-refractivity contribution in [2.75, 3.05) is 0 Å². The second-order valence-corrected chi connectivity index (χ2v) is 11.9. The van der Waals surface area contributed by atoms with Gasteiger partial charge in [0, 0.05) is 43.8 Å². The Morgan fingerprint density at radius 3 is 1.90 bits per heavy atom. The lowest BCUT2D eigenvalue weighted by Gasteiger charge is -2.02. The predicted molar refractivity (Wildman–Crippen MR) is 157 cm³/mol. The molecule has 214 valence electrons. The van der Waals surface area contributed by atoms with Gasteiger partial charge in [-0.2, -0.15) is 25.6 Å². The summed E-state index contributed by atoms with van der Waals surface area (Å²) in [6.45, 7) is 17.2. The highest BCUT2D eigenvalue weighted by Gasteiger charge is 2.25. The second kappa shape index (κ2) is 14.2. The largest absolute Gasteiger partial charge is 0.338 e. The minimum atomic E-state index is 0.480. The number of imidazole rings is 1. The van der Waals surface area contributed by atoms with Gasteiger partial charge in [-0.25, -0.2) is 4.98 Å². The fraction of sp³-hybridized carbons (Fsp3) is 0.633. The van der Waals surface area contributed by atoms with Crippen LogP contribution in [0.4, 0.5) is 0 Å². The first-order valence-electron chi connectivity index (χ1n) is 14.5. The number of nitrogens with zero attached hydrogens (tertiary/aromatic N) is 8. The molecule has 0 bridgehead atoms. The predicted octanol–water partition coefficient (Wildman–Crippen LogP) is 7.15. The van der Waals surface area contributed by atoms with Crippen LogP contribution in [0.5, 0.6) is 0 Å². The Morgan fingerprint density at radius 1 is 0.821 bits per heavy atom. The summed E-state index contributed by atoms with van der Waals surface area (Å²) in [5.74, 6) is 3.61. The van der Waals surface area contributed by atoms with Crippen LogP contribution in [0.2, 0.25) is 0 Å². The molecular weight excluding hydrogens is 486 g/mol. The Morgan fingerprint density at radius 2 is 1.54 bits per heavy atom. The summed E-state index contributed by atoms with van der Waals surface area (Å²) in [6.07, 6.45) is 19.3. The number of hydrogen-bond donors (Lipinski definition) is 1. The van der Waals surface area contributed by atoms with Gasteiger partial charge in [0.1, 0.15) is 5.82 Å². The number of H-pyrrole nitrogens is 1. The van der Waals surface area contributed by atoms with Gasteiger partial charge in [-0.3, -0.25) is 9.36 Å². The molecule has 4 aromatic rings. The fourth-order valence-corrected chi connectivity index (χ4v) is 3.87. The maximum Gasteiger partial charge on any atom is 0.110 e. The summed E-state index contributed by atoms with van der Waals surface area (Å²) in [6, 6.07) is 1.23. The maximum atomic E-state index is 4.32. The zero-order valence-electron chi connectivity index (χ0n) is 25.4. The van der Waals surface area contributed by atoms with Gasteiger partial charge < -0.3 is 4.57 Å². The average molecular weight is 536 g/mol. The van der Waals surface area contributed by atoms with Crippen LogP contribution in [0.25, 0.3) is 0 Å². The number of aryl methyl sites for hydroxylation is 1. The van der Waals surface area contributed by atoms with E-state index < -0.39 is 0 Å². The number of hydrogen-bond acceptors (Lipinski definition) is 5. The molecule has 0 aliphatic heterocycles.